The van der Waals surface area contributed by atoms with Gasteiger partial charge in [-0.2, -0.15) is 0 Å². The molecule has 0 amide bonds. The SMILES string of the molecule is [C-]#[N+]C(C#N)=Nc1cc(OC)c(-c2cc3sc4c5sc6cc(-c7sc(N=C(C#N)[N+]#[C-])cc7OC)n(C)c6c5n(C)c4c3n2C)s1. The number of methoxy groups -OCH3 is 2. The lowest BCUT2D eigenvalue weighted by molar-refractivity contribution is 0.418. The molecule has 0 atom stereocenters. The summed E-state index contributed by atoms with van der Waals surface area (Å²) in [4.78, 5) is 16.5. The Balaban J connectivity index is 1.40. The van der Waals surface area contributed by atoms with Gasteiger partial charge in [-0.15, -0.1) is 22.7 Å². The molecular weight excluding hydrogens is 659 g/mol. The van der Waals surface area contributed by atoms with Gasteiger partial charge in [0.25, 0.3) is 0 Å². The van der Waals surface area contributed by atoms with Gasteiger partial charge in [0.05, 0.1) is 76.2 Å². The number of aromatic nitrogens is 3. The molecule has 0 aliphatic carbocycles. The molecule has 224 valence electrons. The summed E-state index contributed by atoms with van der Waals surface area (Å²) in [6.45, 7) is 14.3. The normalized spacial score (nSPS) is 12.2. The van der Waals surface area contributed by atoms with Gasteiger partial charge >= 0.3 is 11.7 Å². The van der Waals surface area contributed by atoms with Crippen molar-refractivity contribution in [1.29, 1.82) is 10.5 Å². The Kier molecular flexibility index (Phi) is 6.93. The van der Waals surface area contributed by atoms with Crippen molar-refractivity contribution in [2.45, 2.75) is 0 Å². The van der Waals surface area contributed by atoms with Gasteiger partial charge < -0.3 is 32.9 Å². The van der Waals surface area contributed by atoms with E-state index in [1.807, 2.05) is 26.2 Å². The zero-order valence-electron chi connectivity index (χ0n) is 24.8. The van der Waals surface area contributed by atoms with E-state index in [-0.39, 0.29) is 11.7 Å². The Morgan fingerprint density at radius 3 is 1.43 bits per heavy atom. The van der Waals surface area contributed by atoms with Gasteiger partial charge in [0, 0.05) is 33.3 Å². The number of nitrogens with zero attached hydrogens (tertiary/aromatic N) is 9. The van der Waals surface area contributed by atoms with Gasteiger partial charge in [-0.1, -0.05) is 45.8 Å². The van der Waals surface area contributed by atoms with E-state index in [9.17, 15) is 10.5 Å². The number of thiophene rings is 4. The van der Waals surface area contributed by atoms with E-state index in [0.717, 1.165) is 52.6 Å². The lowest BCUT2D eigenvalue weighted by Gasteiger charge is -2.06. The molecule has 11 nitrogen and oxygen atoms in total. The lowest BCUT2D eigenvalue weighted by Crippen LogP contribution is -1.95. The van der Waals surface area contributed by atoms with Crippen LogP contribution >= 0.6 is 45.3 Å². The molecule has 0 saturated carbocycles. The van der Waals surface area contributed by atoms with Crippen LogP contribution in [-0.2, 0) is 21.1 Å². The molecule has 7 aromatic heterocycles. The zero-order chi connectivity index (χ0) is 32.4. The highest BCUT2D eigenvalue weighted by Crippen LogP contribution is 2.52. The summed E-state index contributed by atoms with van der Waals surface area (Å²) >= 11 is 6.27. The maximum atomic E-state index is 9.18. The second-order valence-corrected chi connectivity index (χ2v) is 14.2. The summed E-state index contributed by atoms with van der Waals surface area (Å²) in [5.41, 5.74) is 6.43. The van der Waals surface area contributed by atoms with Crippen molar-refractivity contribution < 1.29 is 9.47 Å². The molecule has 0 spiro atoms. The van der Waals surface area contributed by atoms with Crippen LogP contribution in [0, 0.1) is 35.8 Å². The van der Waals surface area contributed by atoms with Gasteiger partial charge in [0.1, 0.15) is 23.6 Å². The average Bonchev–Trinajstić information content (AvgIpc) is 3.90. The smallest absolute Gasteiger partial charge is 0.350 e. The maximum Gasteiger partial charge on any atom is 0.350 e. The summed E-state index contributed by atoms with van der Waals surface area (Å²) in [5.74, 6) is 0.835. The molecule has 0 unspecified atom stereocenters. The highest BCUT2D eigenvalue weighted by atomic mass is 32.1. The highest BCUT2D eigenvalue weighted by molar-refractivity contribution is 7.33. The Bertz CT molecular complexity index is 2440. The third-order valence-electron chi connectivity index (χ3n) is 7.69. The quantitative estimate of drug-likeness (QED) is 0.0994. The first-order chi connectivity index (χ1) is 22.3. The van der Waals surface area contributed by atoms with Crippen LogP contribution in [0.25, 0.3) is 71.7 Å². The summed E-state index contributed by atoms with van der Waals surface area (Å²) in [5, 5.41) is 19.4. The van der Waals surface area contributed by atoms with E-state index in [2.05, 4.69) is 52.6 Å². The lowest BCUT2D eigenvalue weighted by atomic mass is 10.3. The molecule has 0 aromatic carbocycles. The number of hydrogen-bond acceptors (Lipinski definition) is 10. The topological polar surface area (TPSA) is 114 Å². The first kappa shape index (κ1) is 29.3. The van der Waals surface area contributed by atoms with Crippen LogP contribution in [0.4, 0.5) is 10.0 Å². The Labute approximate surface area is 277 Å². The van der Waals surface area contributed by atoms with E-state index in [4.69, 9.17) is 22.6 Å². The molecule has 0 aliphatic heterocycles. The first-order valence-electron chi connectivity index (χ1n) is 13.3. The summed E-state index contributed by atoms with van der Waals surface area (Å²) in [6.07, 6.45) is 0. The van der Waals surface area contributed by atoms with Crippen molar-refractivity contribution in [1.82, 2.24) is 13.7 Å². The molecule has 7 aromatic rings. The maximum absolute atomic E-state index is 9.18. The van der Waals surface area contributed by atoms with E-state index in [0.29, 0.717) is 21.5 Å². The van der Waals surface area contributed by atoms with Crippen molar-refractivity contribution in [2.24, 2.45) is 31.1 Å². The number of rotatable bonds is 6. The van der Waals surface area contributed by atoms with Crippen molar-refractivity contribution in [3.05, 3.63) is 47.1 Å². The number of nitriles is 2. The number of aliphatic imine (C=N–C) groups is 2. The molecule has 0 N–H and O–H groups in total. The molecule has 15 heteroatoms. The minimum Gasteiger partial charge on any atom is -0.495 e. The van der Waals surface area contributed by atoms with Crippen molar-refractivity contribution in [2.75, 3.05) is 14.2 Å². The highest BCUT2D eigenvalue weighted by Gasteiger charge is 2.27. The van der Waals surface area contributed by atoms with E-state index in [1.165, 1.54) is 32.1 Å². The number of amidine groups is 2. The minimum absolute atomic E-state index is 0.219. The predicted molar refractivity (Wildman–Crippen MR) is 187 cm³/mol. The second-order valence-electron chi connectivity index (χ2n) is 10.0. The first-order valence-corrected chi connectivity index (χ1v) is 16.6. The molecule has 0 radical (unpaired) electrons. The fourth-order valence-corrected chi connectivity index (χ4v) is 10.6. The second kappa shape index (κ2) is 10.9. The summed E-state index contributed by atoms with van der Waals surface area (Å²) in [7, 11) is 9.38. The van der Waals surface area contributed by atoms with Crippen LogP contribution in [0.1, 0.15) is 0 Å². The van der Waals surface area contributed by atoms with Gasteiger partial charge in [0.15, 0.2) is 0 Å². The van der Waals surface area contributed by atoms with Crippen molar-refractivity contribution >= 4 is 108 Å². The van der Waals surface area contributed by atoms with Crippen LogP contribution in [0.15, 0.2) is 34.3 Å². The average molecular weight is 678 g/mol. The van der Waals surface area contributed by atoms with Crippen LogP contribution in [0.2, 0.25) is 0 Å². The van der Waals surface area contributed by atoms with Gasteiger partial charge in [-0.3, -0.25) is 0 Å². The summed E-state index contributed by atoms with van der Waals surface area (Å²) < 4.78 is 22.7. The van der Waals surface area contributed by atoms with Crippen LogP contribution in [0.5, 0.6) is 11.5 Å². The predicted octanol–water partition coefficient (Wildman–Crippen LogP) is 8.86. The monoisotopic (exact) mass is 677 g/mol. The fourth-order valence-electron chi connectivity index (χ4n) is 5.72. The van der Waals surface area contributed by atoms with E-state index < -0.39 is 0 Å². The fraction of sp³-hybridized carbons (Fsp3) is 0.161. The van der Waals surface area contributed by atoms with Crippen LogP contribution in [-0.4, -0.2) is 39.6 Å². The zero-order valence-corrected chi connectivity index (χ0v) is 28.0. The summed E-state index contributed by atoms with van der Waals surface area (Å²) in [6, 6.07) is 11.5. The molecule has 0 fully saturated rings. The number of aryl methyl sites for hydroxylation is 3. The molecule has 0 bridgehead atoms. The van der Waals surface area contributed by atoms with Crippen molar-refractivity contribution in [3.8, 4) is 44.8 Å². The largest absolute Gasteiger partial charge is 0.495 e. The number of fused-ring (bicyclic) bond motifs is 7. The van der Waals surface area contributed by atoms with Crippen LogP contribution in [0.3, 0.4) is 0 Å². The van der Waals surface area contributed by atoms with E-state index in [1.54, 1.807) is 49.0 Å². The van der Waals surface area contributed by atoms with Gasteiger partial charge in [-0.25, -0.2) is 10.5 Å². The Morgan fingerprint density at radius 1 is 0.674 bits per heavy atom. The van der Waals surface area contributed by atoms with E-state index >= 15 is 0 Å². The Hall–Kier alpha value is -5.42. The molecule has 46 heavy (non-hydrogen) atoms. The molecule has 7 rings (SSSR count). The standard InChI is InChI=1S/C31H19N9O2S4/c1-34-20(12-32)36-22-10-16(41-6)28(45-22)14-8-18-24(38(14)3)26-30(43-18)31-27(40(26)5)25-19(44-31)9-15(39(25)4)29-17(42-7)11-23(46-29)37-21(13-33)35-2/h8-11H,3-7H3. The van der Waals surface area contributed by atoms with Gasteiger partial charge in [-0.05, 0) is 12.1 Å². The molecule has 7 heterocycles. The third kappa shape index (κ3) is 4.15. The molecule has 0 aliphatic rings. The minimum atomic E-state index is -0.219. The molecule has 0 saturated heterocycles. The number of hydrogen-bond donors (Lipinski definition) is 0. The van der Waals surface area contributed by atoms with Gasteiger partial charge in [0.2, 0.25) is 10.0 Å². The third-order valence-corrected chi connectivity index (χ3v) is 12.2. The number of ether oxygens (including phenoxy) is 2. The molecular formula is C31H19N9O2S4. The Morgan fingerprint density at radius 2 is 1.09 bits per heavy atom. The van der Waals surface area contributed by atoms with Crippen LogP contribution < -0.4 is 9.47 Å². The van der Waals surface area contributed by atoms with Crippen molar-refractivity contribution in [3.63, 3.8) is 0 Å².